The third kappa shape index (κ3) is 6.41. The number of morpholine rings is 1. The minimum atomic E-state index is -0.208. The topological polar surface area (TPSA) is 63.6 Å². The molecule has 2 heterocycles. The Hall–Kier alpha value is -2.27. The van der Waals surface area contributed by atoms with Crippen LogP contribution in [-0.2, 0) is 11.3 Å². The van der Waals surface area contributed by atoms with E-state index in [0.717, 1.165) is 49.9 Å². The van der Waals surface area contributed by atoms with Crippen molar-refractivity contribution >= 4 is 41.3 Å². The summed E-state index contributed by atoms with van der Waals surface area (Å²) in [6, 6.07) is 12.8. The highest BCUT2D eigenvalue weighted by atomic mass is 127. The Morgan fingerprint density at radius 3 is 2.36 bits per heavy atom. The molecule has 4 rings (SSSR count). The maximum Gasteiger partial charge on any atom is 0.194 e. The van der Waals surface area contributed by atoms with Crippen molar-refractivity contribution in [1.29, 1.82) is 0 Å². The Morgan fingerprint density at radius 1 is 1.00 bits per heavy atom. The average Bonchev–Trinajstić information content (AvgIpc) is 2.83. The molecule has 0 amide bonds. The normalized spacial score (nSPS) is 17.0. The van der Waals surface area contributed by atoms with Gasteiger partial charge in [-0.05, 0) is 36.8 Å². The second kappa shape index (κ2) is 12.3. The average molecular weight is 569 g/mol. The molecule has 33 heavy (non-hydrogen) atoms. The minimum absolute atomic E-state index is 0. The van der Waals surface area contributed by atoms with Gasteiger partial charge in [-0.25, -0.2) is 9.38 Å². The number of halogens is 2. The summed E-state index contributed by atoms with van der Waals surface area (Å²) in [5, 5.41) is 13.5. The smallest absolute Gasteiger partial charge is 0.194 e. The van der Waals surface area contributed by atoms with Crippen LogP contribution in [-0.4, -0.2) is 75.0 Å². The van der Waals surface area contributed by atoms with Crippen LogP contribution >= 0.6 is 24.0 Å². The van der Waals surface area contributed by atoms with Gasteiger partial charge in [0.15, 0.2) is 5.96 Å². The van der Waals surface area contributed by atoms with Gasteiger partial charge in [0, 0.05) is 45.8 Å². The number of rotatable bonds is 5. The van der Waals surface area contributed by atoms with Gasteiger partial charge in [-0.2, -0.15) is 0 Å². The first-order valence-corrected chi connectivity index (χ1v) is 11.3. The van der Waals surface area contributed by atoms with Gasteiger partial charge in [0.25, 0.3) is 0 Å². The number of para-hydroxylation sites is 2. The summed E-state index contributed by atoms with van der Waals surface area (Å²) in [5.41, 5.74) is 2.35. The van der Waals surface area contributed by atoms with E-state index in [4.69, 9.17) is 9.73 Å². The summed E-state index contributed by atoms with van der Waals surface area (Å²) < 4.78 is 20.1. The molecule has 0 atom stereocenters. The zero-order chi connectivity index (χ0) is 22.3. The minimum Gasteiger partial charge on any atom is -0.506 e. The summed E-state index contributed by atoms with van der Waals surface area (Å²) in [5.74, 6) is 0.937. The molecular formula is C24H33FIN5O2. The van der Waals surface area contributed by atoms with Crippen molar-refractivity contribution in [3.8, 4) is 5.75 Å². The third-order valence-corrected chi connectivity index (χ3v) is 5.91. The van der Waals surface area contributed by atoms with Crippen LogP contribution in [0.1, 0.15) is 12.5 Å². The van der Waals surface area contributed by atoms with Crippen molar-refractivity contribution in [2.45, 2.75) is 13.5 Å². The molecule has 0 aromatic heterocycles. The van der Waals surface area contributed by atoms with Crippen LogP contribution in [0.15, 0.2) is 47.5 Å². The highest BCUT2D eigenvalue weighted by molar-refractivity contribution is 14.0. The number of piperazine rings is 1. The number of benzene rings is 2. The van der Waals surface area contributed by atoms with E-state index in [1.54, 1.807) is 12.1 Å². The molecule has 2 aliphatic heterocycles. The maximum atomic E-state index is 14.7. The van der Waals surface area contributed by atoms with Crippen LogP contribution in [0.25, 0.3) is 0 Å². The van der Waals surface area contributed by atoms with Gasteiger partial charge in [0.2, 0.25) is 0 Å². The van der Waals surface area contributed by atoms with Crippen LogP contribution in [0.4, 0.5) is 15.8 Å². The summed E-state index contributed by atoms with van der Waals surface area (Å²) in [6.07, 6.45) is 0. The number of hydrogen-bond donors (Lipinski definition) is 2. The van der Waals surface area contributed by atoms with Crippen molar-refractivity contribution in [2.75, 3.05) is 68.8 Å². The molecule has 2 aliphatic rings. The zero-order valence-corrected chi connectivity index (χ0v) is 21.4. The summed E-state index contributed by atoms with van der Waals surface area (Å²) in [7, 11) is 0. The van der Waals surface area contributed by atoms with Gasteiger partial charge in [-0.15, -0.1) is 24.0 Å². The summed E-state index contributed by atoms with van der Waals surface area (Å²) in [6.45, 7) is 9.11. The highest BCUT2D eigenvalue weighted by Gasteiger charge is 2.21. The molecule has 2 aromatic rings. The lowest BCUT2D eigenvalue weighted by Crippen LogP contribution is -2.52. The Bertz CT molecular complexity index is 931. The fourth-order valence-electron chi connectivity index (χ4n) is 4.19. The lowest BCUT2D eigenvalue weighted by molar-refractivity contribution is 0.122. The number of phenols is 1. The molecule has 0 aliphatic carbocycles. The summed E-state index contributed by atoms with van der Waals surface area (Å²) in [4.78, 5) is 11.2. The molecule has 2 fully saturated rings. The number of ether oxygens (including phenoxy) is 1. The van der Waals surface area contributed by atoms with E-state index in [-0.39, 0.29) is 29.8 Å². The molecule has 2 aromatic carbocycles. The molecule has 0 bridgehead atoms. The highest BCUT2D eigenvalue weighted by Crippen LogP contribution is 2.27. The quantitative estimate of drug-likeness (QED) is 0.328. The summed E-state index contributed by atoms with van der Waals surface area (Å²) >= 11 is 0. The van der Waals surface area contributed by atoms with E-state index < -0.39 is 0 Å². The second-order valence-corrected chi connectivity index (χ2v) is 8.02. The van der Waals surface area contributed by atoms with Crippen LogP contribution in [0.3, 0.4) is 0 Å². The van der Waals surface area contributed by atoms with E-state index in [9.17, 15) is 9.50 Å². The van der Waals surface area contributed by atoms with Gasteiger partial charge in [-0.3, -0.25) is 0 Å². The zero-order valence-electron chi connectivity index (χ0n) is 19.0. The SMILES string of the molecule is CCNC(=NCc1ccc(N2CCOCC2)c(F)c1)N1CCN(c2ccccc2O)CC1.I. The number of guanidine groups is 1. The molecule has 0 radical (unpaired) electrons. The molecule has 9 heteroatoms. The van der Waals surface area contributed by atoms with Gasteiger partial charge in [0.1, 0.15) is 11.6 Å². The van der Waals surface area contributed by atoms with E-state index in [0.29, 0.717) is 44.3 Å². The predicted octanol–water partition coefficient (Wildman–Crippen LogP) is 3.27. The van der Waals surface area contributed by atoms with E-state index in [1.165, 1.54) is 0 Å². The van der Waals surface area contributed by atoms with E-state index >= 15 is 0 Å². The van der Waals surface area contributed by atoms with Crippen molar-refractivity contribution in [3.63, 3.8) is 0 Å². The van der Waals surface area contributed by atoms with Crippen LogP contribution in [0.5, 0.6) is 5.75 Å². The number of aliphatic imine (C=N–C) groups is 1. The van der Waals surface area contributed by atoms with Crippen LogP contribution < -0.4 is 15.1 Å². The number of nitrogens with zero attached hydrogens (tertiary/aromatic N) is 4. The van der Waals surface area contributed by atoms with Gasteiger partial charge >= 0.3 is 0 Å². The van der Waals surface area contributed by atoms with Crippen molar-refractivity contribution < 1.29 is 14.2 Å². The molecule has 7 nitrogen and oxygen atoms in total. The van der Waals surface area contributed by atoms with E-state index in [1.807, 2.05) is 42.2 Å². The van der Waals surface area contributed by atoms with Crippen molar-refractivity contribution in [2.24, 2.45) is 4.99 Å². The Kier molecular flexibility index (Phi) is 9.42. The number of aromatic hydroxyl groups is 1. The fraction of sp³-hybridized carbons (Fsp3) is 0.458. The Labute approximate surface area is 212 Å². The molecule has 0 saturated carbocycles. The number of nitrogens with one attached hydrogen (secondary N) is 1. The van der Waals surface area contributed by atoms with Crippen molar-refractivity contribution in [1.82, 2.24) is 10.2 Å². The number of phenolic OH excluding ortho intramolecular Hbond substituents is 1. The monoisotopic (exact) mass is 569 g/mol. The third-order valence-electron chi connectivity index (χ3n) is 5.91. The fourth-order valence-corrected chi connectivity index (χ4v) is 4.19. The van der Waals surface area contributed by atoms with Gasteiger partial charge < -0.3 is 29.9 Å². The lowest BCUT2D eigenvalue weighted by atomic mass is 10.1. The predicted molar refractivity (Wildman–Crippen MR) is 142 cm³/mol. The number of hydrogen-bond acceptors (Lipinski definition) is 5. The van der Waals surface area contributed by atoms with E-state index in [2.05, 4.69) is 15.1 Å². The van der Waals surface area contributed by atoms with Gasteiger partial charge in [0.05, 0.1) is 31.1 Å². The van der Waals surface area contributed by atoms with Gasteiger partial charge in [-0.1, -0.05) is 18.2 Å². The number of anilines is 2. The Balaban J connectivity index is 0.00000306. The molecule has 2 N–H and O–H groups in total. The first kappa shape index (κ1) is 25.4. The first-order chi connectivity index (χ1) is 15.7. The molecule has 0 spiro atoms. The van der Waals surface area contributed by atoms with Crippen LogP contribution in [0, 0.1) is 5.82 Å². The molecular weight excluding hydrogens is 536 g/mol. The molecule has 0 unspecified atom stereocenters. The maximum absolute atomic E-state index is 14.7. The standard InChI is InChI=1S/C24H32FN5O2.HI/c1-2-26-24(30-11-9-28(10-12-30)22-5-3-4-6-23(22)31)27-18-19-7-8-21(20(25)17-19)29-13-15-32-16-14-29;/h3-8,17,31H,2,9-16,18H2,1H3,(H,26,27);1H. The molecule has 2 saturated heterocycles. The van der Waals surface area contributed by atoms with Crippen LogP contribution in [0.2, 0.25) is 0 Å². The van der Waals surface area contributed by atoms with Crippen molar-refractivity contribution in [3.05, 3.63) is 53.8 Å². The molecule has 180 valence electrons. The second-order valence-electron chi connectivity index (χ2n) is 8.02. The Morgan fingerprint density at radius 2 is 1.70 bits per heavy atom. The lowest BCUT2D eigenvalue weighted by Gasteiger charge is -2.37. The largest absolute Gasteiger partial charge is 0.506 e. The first-order valence-electron chi connectivity index (χ1n) is 11.3.